The summed E-state index contributed by atoms with van der Waals surface area (Å²) < 4.78 is 5.67. The van der Waals surface area contributed by atoms with Gasteiger partial charge in [0.2, 0.25) is 5.91 Å². The van der Waals surface area contributed by atoms with Crippen molar-refractivity contribution in [3.8, 4) is 16.2 Å². The largest absolute Gasteiger partial charge is 0.479 e. The Hall–Kier alpha value is -3.64. The molecule has 1 aliphatic rings. The van der Waals surface area contributed by atoms with Gasteiger partial charge in [-0.1, -0.05) is 12.1 Å². The van der Waals surface area contributed by atoms with Crippen molar-refractivity contribution in [3.05, 3.63) is 51.9 Å². The zero-order valence-corrected chi connectivity index (χ0v) is 22.3. The van der Waals surface area contributed by atoms with E-state index in [2.05, 4.69) is 36.4 Å². The molecule has 0 spiro atoms. The van der Waals surface area contributed by atoms with E-state index in [1.807, 2.05) is 36.4 Å². The summed E-state index contributed by atoms with van der Waals surface area (Å²) in [5.41, 5.74) is 2.36. The molecule has 0 radical (unpaired) electrons. The number of rotatable bonds is 9. The molecule has 0 atom stereocenters. The van der Waals surface area contributed by atoms with Gasteiger partial charge in [0.15, 0.2) is 17.2 Å². The van der Waals surface area contributed by atoms with Crippen molar-refractivity contribution in [2.24, 2.45) is 0 Å². The Morgan fingerprint density at radius 3 is 2.54 bits per heavy atom. The molecule has 4 N–H and O–H groups in total. The van der Waals surface area contributed by atoms with Crippen LogP contribution in [-0.2, 0) is 9.59 Å². The van der Waals surface area contributed by atoms with E-state index in [9.17, 15) is 19.5 Å². The molecule has 1 aromatic carbocycles. The molecule has 1 amide bonds. The third-order valence-electron chi connectivity index (χ3n) is 5.73. The van der Waals surface area contributed by atoms with E-state index >= 15 is 0 Å². The number of amides is 1. The number of halogens is 1. The summed E-state index contributed by atoms with van der Waals surface area (Å²) in [7, 11) is 0. The zero-order chi connectivity index (χ0) is 26.5. The highest BCUT2D eigenvalue weighted by molar-refractivity contribution is 9.10. The van der Waals surface area contributed by atoms with E-state index in [1.54, 1.807) is 6.20 Å². The average Bonchev–Trinajstić information content (AvgIpc) is 3.20. The first kappa shape index (κ1) is 26.4. The molecule has 3 aromatic rings. The van der Waals surface area contributed by atoms with Crippen molar-refractivity contribution in [1.82, 2.24) is 4.98 Å². The number of anilines is 3. The Bertz CT molecular complexity index is 1310. The number of carbonyl (C=O) groups is 3. The van der Waals surface area contributed by atoms with Gasteiger partial charge in [0.1, 0.15) is 5.82 Å². The number of pyridine rings is 1. The van der Waals surface area contributed by atoms with E-state index in [1.165, 1.54) is 6.92 Å². The summed E-state index contributed by atoms with van der Waals surface area (Å²) in [6.07, 6.45) is 3.46. The quantitative estimate of drug-likeness (QED) is 0.278. The van der Waals surface area contributed by atoms with Crippen LogP contribution < -0.4 is 20.3 Å². The van der Waals surface area contributed by atoms with Crippen LogP contribution in [-0.4, -0.2) is 58.8 Å². The van der Waals surface area contributed by atoms with Crippen molar-refractivity contribution >= 4 is 62.3 Å². The molecule has 1 aliphatic heterocycles. The fraction of sp³-hybridized carbons (Fsp3) is 0.280. The smallest absolute Gasteiger partial charge is 0.349 e. The number of benzene rings is 1. The molecule has 2 aromatic heterocycles. The monoisotopic (exact) mass is 588 g/mol. The standard InChI is InChI=1S/C25H25BrN4O6S/c1-14(31)28-18-5-6-19(27-12-18)30-9-7-16(8-10-30)29-17-4-2-3-15(11-17)23-21(26)22(36-13-20(32)33)24(37-23)25(34)35/h2-6,11-12,16,29H,7-10,13H2,1H3,(H,28,31)(H,32,33)(H,34,35). The zero-order valence-electron chi connectivity index (χ0n) is 19.9. The average molecular weight is 589 g/mol. The van der Waals surface area contributed by atoms with Gasteiger partial charge in [0.05, 0.1) is 21.2 Å². The molecule has 3 heterocycles. The second kappa shape index (κ2) is 11.6. The Labute approximate surface area is 225 Å². The van der Waals surface area contributed by atoms with Crippen LogP contribution in [0, 0.1) is 0 Å². The highest BCUT2D eigenvalue weighted by Crippen LogP contribution is 2.46. The fourth-order valence-corrected chi connectivity index (χ4v) is 5.96. The van der Waals surface area contributed by atoms with Crippen LogP contribution in [0.25, 0.3) is 10.4 Å². The summed E-state index contributed by atoms with van der Waals surface area (Å²) in [5, 5.41) is 24.8. The number of carbonyl (C=O) groups excluding carboxylic acids is 1. The minimum Gasteiger partial charge on any atom is -0.479 e. The number of hydrogen-bond acceptors (Lipinski definition) is 8. The molecule has 194 valence electrons. The number of nitrogens with zero attached hydrogens (tertiary/aromatic N) is 2. The number of carboxylic acid groups (broad SMARTS) is 2. The molecule has 1 fully saturated rings. The number of thiophene rings is 1. The molecule has 12 heteroatoms. The minimum atomic E-state index is -1.19. The number of aliphatic carboxylic acids is 1. The van der Waals surface area contributed by atoms with E-state index in [-0.39, 0.29) is 22.6 Å². The first-order valence-electron chi connectivity index (χ1n) is 11.5. The highest BCUT2D eigenvalue weighted by Gasteiger charge is 2.25. The van der Waals surface area contributed by atoms with Crippen LogP contribution in [0.5, 0.6) is 5.75 Å². The number of carboxylic acids is 2. The number of aromatic nitrogens is 1. The van der Waals surface area contributed by atoms with Gasteiger partial charge in [-0.2, -0.15) is 0 Å². The maximum absolute atomic E-state index is 11.7. The van der Waals surface area contributed by atoms with Gasteiger partial charge in [0, 0.05) is 31.7 Å². The molecule has 10 nitrogen and oxygen atoms in total. The third kappa shape index (κ3) is 6.57. The van der Waals surface area contributed by atoms with Gasteiger partial charge in [-0.05, 0) is 58.6 Å². The lowest BCUT2D eigenvalue weighted by atomic mass is 10.0. The van der Waals surface area contributed by atoms with Crippen molar-refractivity contribution in [2.75, 3.05) is 35.2 Å². The lowest BCUT2D eigenvalue weighted by molar-refractivity contribution is -0.139. The number of piperidine rings is 1. The molecule has 0 saturated carbocycles. The first-order chi connectivity index (χ1) is 17.7. The van der Waals surface area contributed by atoms with Crippen LogP contribution in [0.2, 0.25) is 0 Å². The van der Waals surface area contributed by atoms with Crippen LogP contribution in [0.1, 0.15) is 29.4 Å². The Morgan fingerprint density at radius 1 is 1.16 bits per heavy atom. The summed E-state index contributed by atoms with van der Waals surface area (Å²) in [6.45, 7) is 2.48. The van der Waals surface area contributed by atoms with Crippen LogP contribution in [0.3, 0.4) is 0 Å². The normalized spacial score (nSPS) is 13.7. The van der Waals surface area contributed by atoms with Crippen molar-refractivity contribution < 1.29 is 29.3 Å². The summed E-state index contributed by atoms with van der Waals surface area (Å²) in [6, 6.07) is 11.7. The molecule has 0 bridgehead atoms. The van der Waals surface area contributed by atoms with Crippen molar-refractivity contribution in [3.63, 3.8) is 0 Å². The van der Waals surface area contributed by atoms with Gasteiger partial charge in [0.25, 0.3) is 0 Å². The fourth-order valence-electron chi connectivity index (χ4n) is 4.07. The van der Waals surface area contributed by atoms with Crippen LogP contribution >= 0.6 is 27.3 Å². The number of nitrogens with one attached hydrogen (secondary N) is 2. The second-order valence-corrected chi connectivity index (χ2v) is 10.3. The second-order valence-electron chi connectivity index (χ2n) is 8.46. The van der Waals surface area contributed by atoms with Gasteiger partial charge < -0.3 is 30.5 Å². The van der Waals surface area contributed by atoms with Crippen molar-refractivity contribution in [2.45, 2.75) is 25.8 Å². The van der Waals surface area contributed by atoms with Gasteiger partial charge in [-0.25, -0.2) is 14.6 Å². The predicted molar refractivity (Wildman–Crippen MR) is 145 cm³/mol. The molecule has 1 saturated heterocycles. The Kier molecular flexibility index (Phi) is 8.29. The van der Waals surface area contributed by atoms with Gasteiger partial charge in [-0.15, -0.1) is 11.3 Å². The van der Waals surface area contributed by atoms with Gasteiger partial charge >= 0.3 is 11.9 Å². The third-order valence-corrected chi connectivity index (χ3v) is 7.95. The molecule has 0 aliphatic carbocycles. The Balaban J connectivity index is 1.42. The van der Waals surface area contributed by atoms with E-state index in [0.29, 0.717) is 15.0 Å². The lowest BCUT2D eigenvalue weighted by Crippen LogP contribution is -2.39. The van der Waals surface area contributed by atoms with E-state index in [4.69, 9.17) is 9.84 Å². The predicted octanol–water partition coefficient (Wildman–Crippen LogP) is 4.77. The SMILES string of the molecule is CC(=O)Nc1ccc(N2CCC(Nc3cccc(-c4sc(C(=O)O)c(OCC(=O)O)c4Br)c3)CC2)nc1. The number of hydrogen-bond donors (Lipinski definition) is 4. The summed E-state index contributed by atoms with van der Waals surface area (Å²) in [5.74, 6) is -1.62. The molecular formula is C25H25BrN4O6S. The maximum Gasteiger partial charge on any atom is 0.349 e. The summed E-state index contributed by atoms with van der Waals surface area (Å²) in [4.78, 5) is 41.1. The maximum atomic E-state index is 11.7. The molecular weight excluding hydrogens is 564 g/mol. The number of aromatic carboxylic acids is 1. The van der Waals surface area contributed by atoms with E-state index < -0.39 is 18.5 Å². The molecule has 4 rings (SSSR count). The highest BCUT2D eigenvalue weighted by atomic mass is 79.9. The minimum absolute atomic E-state index is 0.0133. The molecule has 0 unspecified atom stereocenters. The number of ether oxygens (including phenoxy) is 1. The van der Waals surface area contributed by atoms with E-state index in [0.717, 1.165) is 54.3 Å². The van der Waals surface area contributed by atoms with Crippen molar-refractivity contribution in [1.29, 1.82) is 0 Å². The van der Waals surface area contributed by atoms with Gasteiger partial charge in [-0.3, -0.25) is 4.79 Å². The Morgan fingerprint density at radius 2 is 1.92 bits per heavy atom. The molecule has 37 heavy (non-hydrogen) atoms. The topological polar surface area (TPSA) is 141 Å². The van der Waals surface area contributed by atoms with Crippen LogP contribution in [0.4, 0.5) is 17.2 Å². The summed E-state index contributed by atoms with van der Waals surface area (Å²) >= 11 is 4.43. The first-order valence-corrected chi connectivity index (χ1v) is 13.1. The lowest BCUT2D eigenvalue weighted by Gasteiger charge is -2.33. The van der Waals surface area contributed by atoms with Crippen LogP contribution in [0.15, 0.2) is 47.1 Å².